The van der Waals surface area contributed by atoms with E-state index in [1.54, 1.807) is 0 Å². The van der Waals surface area contributed by atoms with Gasteiger partial charge in [0.15, 0.2) is 0 Å². The van der Waals surface area contributed by atoms with E-state index >= 15 is 0 Å². The van der Waals surface area contributed by atoms with Gasteiger partial charge >= 0.3 is 0 Å². The Kier molecular flexibility index (Phi) is 4.65. The Hall–Kier alpha value is -1.02. The second kappa shape index (κ2) is 6.24. The molecule has 0 bridgehead atoms. The van der Waals surface area contributed by atoms with Gasteiger partial charge in [0, 0.05) is 24.8 Å². The van der Waals surface area contributed by atoms with E-state index in [0.29, 0.717) is 6.04 Å². The second-order valence-corrected chi connectivity index (χ2v) is 5.53. The summed E-state index contributed by atoms with van der Waals surface area (Å²) in [7, 11) is 2.04. The minimum Gasteiger partial charge on any atom is -0.371 e. The lowest BCUT2D eigenvalue weighted by Crippen LogP contribution is -2.34. The Morgan fingerprint density at radius 3 is 2.61 bits per heavy atom. The number of piperidine rings is 1. The standard InChI is InChI=1S/C16H26N2/c1-4-16(17-3)14-7-9-15(10-8-14)18-11-5-6-13(2)12-18/h7-10,13,16-17H,4-6,11-12H2,1-3H3. The van der Waals surface area contributed by atoms with E-state index in [1.807, 2.05) is 7.05 Å². The van der Waals surface area contributed by atoms with Crippen LogP contribution in [0.3, 0.4) is 0 Å². The summed E-state index contributed by atoms with van der Waals surface area (Å²) < 4.78 is 0. The van der Waals surface area contributed by atoms with Crippen molar-refractivity contribution in [1.29, 1.82) is 0 Å². The molecule has 0 spiro atoms. The summed E-state index contributed by atoms with van der Waals surface area (Å²) >= 11 is 0. The molecule has 1 saturated heterocycles. The van der Waals surface area contributed by atoms with Gasteiger partial charge in [0.05, 0.1) is 0 Å². The normalized spacial score (nSPS) is 21.9. The average Bonchev–Trinajstić information content (AvgIpc) is 2.41. The number of nitrogens with zero attached hydrogens (tertiary/aromatic N) is 1. The van der Waals surface area contributed by atoms with Gasteiger partial charge in [-0.05, 0) is 49.9 Å². The fraction of sp³-hybridized carbons (Fsp3) is 0.625. The summed E-state index contributed by atoms with van der Waals surface area (Å²) in [6.07, 6.45) is 3.85. The van der Waals surface area contributed by atoms with E-state index in [2.05, 4.69) is 48.3 Å². The molecule has 1 N–H and O–H groups in total. The first kappa shape index (κ1) is 13.4. The van der Waals surface area contributed by atoms with Crippen LogP contribution in [-0.2, 0) is 0 Å². The molecule has 0 radical (unpaired) electrons. The highest BCUT2D eigenvalue weighted by Gasteiger charge is 2.16. The third-order valence-corrected chi connectivity index (χ3v) is 4.07. The number of nitrogens with one attached hydrogen (secondary N) is 1. The lowest BCUT2D eigenvalue weighted by molar-refractivity contribution is 0.447. The summed E-state index contributed by atoms with van der Waals surface area (Å²) in [5.41, 5.74) is 2.78. The number of hydrogen-bond donors (Lipinski definition) is 1. The summed E-state index contributed by atoms with van der Waals surface area (Å²) in [6, 6.07) is 9.61. The Bertz CT molecular complexity index is 354. The smallest absolute Gasteiger partial charge is 0.0366 e. The maximum Gasteiger partial charge on any atom is 0.0366 e. The first-order valence-corrected chi connectivity index (χ1v) is 7.26. The van der Waals surface area contributed by atoms with E-state index in [9.17, 15) is 0 Å². The number of benzene rings is 1. The van der Waals surface area contributed by atoms with Crippen LogP contribution in [0.15, 0.2) is 24.3 Å². The van der Waals surface area contributed by atoms with Gasteiger partial charge in [-0.15, -0.1) is 0 Å². The SMILES string of the molecule is CCC(NC)c1ccc(N2CCCC(C)C2)cc1. The maximum absolute atomic E-state index is 3.36. The molecule has 2 nitrogen and oxygen atoms in total. The molecule has 2 rings (SSSR count). The van der Waals surface area contributed by atoms with Crippen LogP contribution in [0.2, 0.25) is 0 Å². The lowest BCUT2D eigenvalue weighted by Gasteiger charge is -2.33. The van der Waals surface area contributed by atoms with Gasteiger partial charge in [-0.2, -0.15) is 0 Å². The molecule has 1 aromatic rings. The molecule has 18 heavy (non-hydrogen) atoms. The van der Waals surface area contributed by atoms with Gasteiger partial charge in [-0.3, -0.25) is 0 Å². The molecule has 1 aliphatic rings. The van der Waals surface area contributed by atoms with Crippen molar-refractivity contribution < 1.29 is 0 Å². The molecule has 1 heterocycles. The van der Waals surface area contributed by atoms with Crippen molar-refractivity contribution in [2.24, 2.45) is 5.92 Å². The zero-order chi connectivity index (χ0) is 13.0. The minimum absolute atomic E-state index is 0.485. The van der Waals surface area contributed by atoms with Crippen molar-refractivity contribution in [3.05, 3.63) is 29.8 Å². The maximum atomic E-state index is 3.36. The van der Waals surface area contributed by atoms with Crippen LogP contribution in [0.25, 0.3) is 0 Å². The number of rotatable bonds is 4. The Morgan fingerprint density at radius 1 is 1.33 bits per heavy atom. The second-order valence-electron chi connectivity index (χ2n) is 5.53. The molecule has 1 fully saturated rings. The van der Waals surface area contributed by atoms with Crippen LogP contribution < -0.4 is 10.2 Å². The monoisotopic (exact) mass is 246 g/mol. The molecule has 1 aliphatic heterocycles. The molecule has 2 atom stereocenters. The average molecular weight is 246 g/mol. The summed E-state index contributed by atoms with van der Waals surface area (Å²) in [4.78, 5) is 2.53. The third kappa shape index (κ3) is 3.05. The van der Waals surface area contributed by atoms with E-state index in [0.717, 1.165) is 12.3 Å². The van der Waals surface area contributed by atoms with Crippen molar-refractivity contribution in [2.45, 2.75) is 39.2 Å². The van der Waals surface area contributed by atoms with Crippen LogP contribution >= 0.6 is 0 Å². The first-order valence-electron chi connectivity index (χ1n) is 7.26. The van der Waals surface area contributed by atoms with Crippen molar-refractivity contribution in [3.8, 4) is 0 Å². The first-order chi connectivity index (χ1) is 8.74. The van der Waals surface area contributed by atoms with Gasteiger partial charge in [0.25, 0.3) is 0 Å². The zero-order valence-corrected chi connectivity index (χ0v) is 11.9. The number of hydrogen-bond acceptors (Lipinski definition) is 2. The quantitative estimate of drug-likeness (QED) is 0.873. The molecule has 0 aromatic heterocycles. The summed E-state index contributed by atoms with van der Waals surface area (Å²) in [5, 5.41) is 3.36. The molecule has 100 valence electrons. The largest absolute Gasteiger partial charge is 0.371 e. The molecule has 0 saturated carbocycles. The van der Waals surface area contributed by atoms with Crippen LogP contribution in [0, 0.1) is 5.92 Å². The predicted octanol–water partition coefficient (Wildman–Crippen LogP) is 3.59. The summed E-state index contributed by atoms with van der Waals surface area (Å²) in [6.45, 7) is 7.01. The van der Waals surface area contributed by atoms with Crippen LogP contribution in [0.5, 0.6) is 0 Å². The minimum atomic E-state index is 0.485. The fourth-order valence-corrected chi connectivity index (χ4v) is 2.95. The van der Waals surface area contributed by atoms with Crippen molar-refractivity contribution in [1.82, 2.24) is 5.32 Å². The van der Waals surface area contributed by atoms with Crippen LogP contribution in [0.1, 0.15) is 44.7 Å². The highest BCUT2D eigenvalue weighted by Crippen LogP contribution is 2.25. The third-order valence-electron chi connectivity index (χ3n) is 4.07. The highest BCUT2D eigenvalue weighted by atomic mass is 15.1. The molecular formula is C16H26N2. The highest BCUT2D eigenvalue weighted by molar-refractivity contribution is 5.48. The zero-order valence-electron chi connectivity index (χ0n) is 11.9. The van der Waals surface area contributed by atoms with E-state index in [4.69, 9.17) is 0 Å². The van der Waals surface area contributed by atoms with E-state index in [1.165, 1.54) is 37.2 Å². The lowest BCUT2D eigenvalue weighted by atomic mass is 9.99. The summed E-state index contributed by atoms with van der Waals surface area (Å²) in [5.74, 6) is 0.833. The molecule has 2 unspecified atom stereocenters. The molecule has 1 aromatic carbocycles. The van der Waals surface area contributed by atoms with Gasteiger partial charge in [0.2, 0.25) is 0 Å². The van der Waals surface area contributed by atoms with Crippen molar-refractivity contribution in [2.75, 3.05) is 25.0 Å². The van der Waals surface area contributed by atoms with Gasteiger partial charge in [-0.25, -0.2) is 0 Å². The van der Waals surface area contributed by atoms with E-state index < -0.39 is 0 Å². The Balaban J connectivity index is 2.07. The molecule has 0 amide bonds. The predicted molar refractivity (Wildman–Crippen MR) is 79.1 cm³/mol. The van der Waals surface area contributed by atoms with E-state index in [-0.39, 0.29) is 0 Å². The van der Waals surface area contributed by atoms with Crippen molar-refractivity contribution in [3.63, 3.8) is 0 Å². The molecule has 2 heteroatoms. The molecule has 0 aliphatic carbocycles. The Morgan fingerprint density at radius 2 is 2.06 bits per heavy atom. The molecular weight excluding hydrogens is 220 g/mol. The topological polar surface area (TPSA) is 15.3 Å². The number of anilines is 1. The van der Waals surface area contributed by atoms with Crippen molar-refractivity contribution >= 4 is 5.69 Å². The Labute approximate surface area is 111 Å². The van der Waals surface area contributed by atoms with Gasteiger partial charge in [0.1, 0.15) is 0 Å². The van der Waals surface area contributed by atoms with Gasteiger partial charge < -0.3 is 10.2 Å². The van der Waals surface area contributed by atoms with Gasteiger partial charge in [-0.1, -0.05) is 26.0 Å². The van der Waals surface area contributed by atoms with Crippen LogP contribution in [0.4, 0.5) is 5.69 Å². The van der Waals surface area contributed by atoms with Crippen LogP contribution in [-0.4, -0.2) is 20.1 Å². The fourth-order valence-electron chi connectivity index (χ4n) is 2.95.